The lowest BCUT2D eigenvalue weighted by molar-refractivity contribution is 0.824. The molecule has 0 amide bonds. The first-order valence-corrected chi connectivity index (χ1v) is 2.70. The summed E-state index contributed by atoms with van der Waals surface area (Å²) in [6.45, 7) is 2.24. The number of nitrogens with zero attached hydrogens (tertiary/aromatic N) is 1. The van der Waals surface area contributed by atoms with Crippen LogP contribution in [0.2, 0.25) is 0 Å². The van der Waals surface area contributed by atoms with Crippen molar-refractivity contribution in [3.63, 3.8) is 0 Å². The molecule has 0 unspecified atom stereocenters. The molecule has 0 aromatic rings. The maximum Gasteiger partial charge on any atom is 0.0273 e. The molecule has 0 spiro atoms. The molecule has 1 aliphatic carbocycles. The minimum atomic E-state index is 0.509. The van der Waals surface area contributed by atoms with Crippen molar-refractivity contribution in [2.75, 3.05) is 7.05 Å². The lowest BCUT2D eigenvalue weighted by Crippen LogP contribution is -1.91. The second-order valence-electron chi connectivity index (χ2n) is 2.54. The first-order valence-electron chi connectivity index (χ1n) is 2.70. The topological polar surface area (TPSA) is 12.4 Å². The zero-order valence-electron chi connectivity index (χ0n) is 4.94. The summed E-state index contributed by atoms with van der Waals surface area (Å²) in [5.41, 5.74) is 0.509. The van der Waals surface area contributed by atoms with E-state index in [2.05, 4.69) is 11.9 Å². The standard InChI is InChI=1S/C6H11N/c1-6(3-4-6)5-7-2/h5H,3-4H2,1-2H3/b7-5-. The van der Waals surface area contributed by atoms with Gasteiger partial charge in [-0.3, -0.25) is 0 Å². The SMILES string of the molecule is C/N=C\C1(C)CC1. The van der Waals surface area contributed by atoms with E-state index >= 15 is 0 Å². The summed E-state index contributed by atoms with van der Waals surface area (Å²) >= 11 is 0. The Morgan fingerprint density at radius 1 is 1.57 bits per heavy atom. The molecule has 0 heterocycles. The minimum absolute atomic E-state index is 0.509. The third-order valence-electron chi connectivity index (χ3n) is 1.48. The van der Waals surface area contributed by atoms with Gasteiger partial charge in [0, 0.05) is 18.7 Å². The van der Waals surface area contributed by atoms with Crippen molar-refractivity contribution < 1.29 is 0 Å². The number of hydrogen-bond acceptors (Lipinski definition) is 1. The third kappa shape index (κ3) is 1.02. The van der Waals surface area contributed by atoms with Crippen LogP contribution in [0.25, 0.3) is 0 Å². The van der Waals surface area contributed by atoms with E-state index in [1.54, 1.807) is 0 Å². The first-order chi connectivity index (χ1) is 3.27. The third-order valence-corrected chi connectivity index (χ3v) is 1.48. The van der Waals surface area contributed by atoms with Crippen molar-refractivity contribution in [2.24, 2.45) is 10.4 Å². The van der Waals surface area contributed by atoms with Crippen molar-refractivity contribution in [3.05, 3.63) is 0 Å². The van der Waals surface area contributed by atoms with Crippen LogP contribution >= 0.6 is 0 Å². The predicted octanol–water partition coefficient (Wildman–Crippen LogP) is 1.49. The van der Waals surface area contributed by atoms with Gasteiger partial charge in [0.1, 0.15) is 0 Å². The molecule has 0 bridgehead atoms. The van der Waals surface area contributed by atoms with Crippen LogP contribution in [0.1, 0.15) is 19.8 Å². The van der Waals surface area contributed by atoms with Crippen LogP contribution in [0.5, 0.6) is 0 Å². The second kappa shape index (κ2) is 1.32. The molecular formula is C6H11N. The highest BCUT2D eigenvalue weighted by Crippen LogP contribution is 2.42. The highest BCUT2D eigenvalue weighted by atomic mass is 14.7. The number of hydrogen-bond donors (Lipinski definition) is 0. The van der Waals surface area contributed by atoms with Crippen molar-refractivity contribution in [2.45, 2.75) is 19.8 Å². The van der Waals surface area contributed by atoms with E-state index in [0.29, 0.717) is 5.41 Å². The molecule has 1 nitrogen and oxygen atoms in total. The zero-order valence-corrected chi connectivity index (χ0v) is 4.94. The van der Waals surface area contributed by atoms with Crippen LogP contribution in [0.3, 0.4) is 0 Å². The Bertz CT molecular complexity index is 90.4. The maximum atomic E-state index is 3.94. The van der Waals surface area contributed by atoms with Gasteiger partial charge in [-0.15, -0.1) is 0 Å². The molecule has 0 saturated heterocycles. The largest absolute Gasteiger partial charge is 0.300 e. The van der Waals surface area contributed by atoms with E-state index in [9.17, 15) is 0 Å². The molecule has 0 aromatic heterocycles. The maximum absolute atomic E-state index is 3.94. The summed E-state index contributed by atoms with van der Waals surface area (Å²) in [7, 11) is 1.84. The van der Waals surface area contributed by atoms with Gasteiger partial charge < -0.3 is 4.99 Å². The van der Waals surface area contributed by atoms with Gasteiger partial charge in [-0.05, 0) is 12.8 Å². The number of aliphatic imine (C=N–C) groups is 1. The smallest absolute Gasteiger partial charge is 0.0273 e. The monoisotopic (exact) mass is 97.1 g/mol. The molecular weight excluding hydrogens is 86.1 g/mol. The lowest BCUT2D eigenvalue weighted by Gasteiger charge is -1.91. The fourth-order valence-corrected chi connectivity index (χ4v) is 0.638. The van der Waals surface area contributed by atoms with Crippen LogP contribution in [-0.2, 0) is 0 Å². The van der Waals surface area contributed by atoms with Crippen LogP contribution in [-0.4, -0.2) is 13.3 Å². The minimum Gasteiger partial charge on any atom is -0.300 e. The molecule has 1 heteroatoms. The Balaban J connectivity index is 2.40. The quantitative estimate of drug-likeness (QED) is 0.439. The van der Waals surface area contributed by atoms with Crippen LogP contribution in [0, 0.1) is 5.41 Å². The Kier molecular flexibility index (Phi) is 0.911. The summed E-state index contributed by atoms with van der Waals surface area (Å²) in [5.74, 6) is 0. The van der Waals surface area contributed by atoms with E-state index in [1.165, 1.54) is 12.8 Å². The van der Waals surface area contributed by atoms with E-state index < -0.39 is 0 Å². The van der Waals surface area contributed by atoms with Crippen LogP contribution < -0.4 is 0 Å². The average Bonchev–Trinajstić information content (AvgIpc) is 2.22. The van der Waals surface area contributed by atoms with Crippen molar-refractivity contribution in [1.82, 2.24) is 0 Å². The molecule has 7 heavy (non-hydrogen) atoms. The molecule has 0 radical (unpaired) electrons. The van der Waals surface area contributed by atoms with E-state index in [0.717, 1.165) is 0 Å². The Morgan fingerprint density at radius 2 is 2.14 bits per heavy atom. The first kappa shape index (κ1) is 4.82. The van der Waals surface area contributed by atoms with Gasteiger partial charge in [-0.2, -0.15) is 0 Å². The van der Waals surface area contributed by atoms with Crippen molar-refractivity contribution >= 4 is 6.21 Å². The van der Waals surface area contributed by atoms with Crippen molar-refractivity contribution in [1.29, 1.82) is 0 Å². The summed E-state index contributed by atoms with van der Waals surface area (Å²) in [6, 6.07) is 0. The highest BCUT2D eigenvalue weighted by molar-refractivity contribution is 5.68. The molecule has 1 aliphatic rings. The van der Waals surface area contributed by atoms with Gasteiger partial charge in [0.25, 0.3) is 0 Å². The Labute approximate surface area is 44.5 Å². The normalized spacial score (nSPS) is 26.0. The summed E-state index contributed by atoms with van der Waals surface area (Å²) < 4.78 is 0. The fraction of sp³-hybridized carbons (Fsp3) is 0.833. The van der Waals surface area contributed by atoms with Gasteiger partial charge in [0.05, 0.1) is 0 Å². The second-order valence-corrected chi connectivity index (χ2v) is 2.54. The van der Waals surface area contributed by atoms with Gasteiger partial charge in [0.15, 0.2) is 0 Å². The molecule has 0 aromatic carbocycles. The van der Waals surface area contributed by atoms with Crippen LogP contribution in [0.4, 0.5) is 0 Å². The van der Waals surface area contributed by atoms with E-state index in [1.807, 2.05) is 13.3 Å². The summed E-state index contributed by atoms with van der Waals surface area (Å²) in [4.78, 5) is 3.94. The number of rotatable bonds is 1. The molecule has 1 fully saturated rings. The Hall–Kier alpha value is -0.330. The fourth-order valence-electron chi connectivity index (χ4n) is 0.638. The molecule has 0 atom stereocenters. The van der Waals surface area contributed by atoms with Gasteiger partial charge in [0.2, 0.25) is 0 Å². The van der Waals surface area contributed by atoms with Gasteiger partial charge in [-0.25, -0.2) is 0 Å². The summed E-state index contributed by atoms with van der Waals surface area (Å²) in [5, 5.41) is 0. The highest BCUT2D eigenvalue weighted by Gasteiger charge is 2.34. The zero-order chi connectivity index (χ0) is 5.33. The van der Waals surface area contributed by atoms with Gasteiger partial charge in [-0.1, -0.05) is 6.92 Å². The average molecular weight is 97.2 g/mol. The Morgan fingerprint density at radius 3 is 2.29 bits per heavy atom. The molecule has 0 aliphatic heterocycles. The van der Waals surface area contributed by atoms with Crippen LogP contribution in [0.15, 0.2) is 4.99 Å². The van der Waals surface area contributed by atoms with E-state index in [-0.39, 0.29) is 0 Å². The van der Waals surface area contributed by atoms with E-state index in [4.69, 9.17) is 0 Å². The molecule has 40 valence electrons. The molecule has 1 rings (SSSR count). The predicted molar refractivity (Wildman–Crippen MR) is 31.8 cm³/mol. The lowest BCUT2D eigenvalue weighted by atomic mass is 10.2. The molecule has 0 N–H and O–H groups in total. The van der Waals surface area contributed by atoms with Crippen molar-refractivity contribution in [3.8, 4) is 0 Å². The summed E-state index contributed by atoms with van der Waals surface area (Å²) in [6.07, 6.45) is 4.72. The molecule has 1 saturated carbocycles. The van der Waals surface area contributed by atoms with Gasteiger partial charge >= 0.3 is 0 Å².